The molecule has 4 aromatic carbocycles. The van der Waals surface area contributed by atoms with Crippen molar-refractivity contribution in [2.75, 3.05) is 18.5 Å². The normalized spacial score (nSPS) is 11.8. The molecule has 7 nitrogen and oxygen atoms in total. The van der Waals surface area contributed by atoms with Crippen LogP contribution in [0.4, 0.5) is 10.5 Å². The Balaban J connectivity index is 1.17. The minimum absolute atomic E-state index is 0.0218. The van der Waals surface area contributed by atoms with Crippen LogP contribution in [-0.2, 0) is 27.3 Å². The molecule has 1 aliphatic rings. The van der Waals surface area contributed by atoms with Gasteiger partial charge in [-0.2, -0.15) is 0 Å². The Morgan fingerprint density at radius 1 is 0.750 bits per heavy atom. The van der Waals surface area contributed by atoms with Crippen molar-refractivity contribution >= 4 is 23.7 Å². The summed E-state index contributed by atoms with van der Waals surface area (Å²) >= 11 is 0. The number of hydrogen-bond donors (Lipinski definition) is 2. The number of anilines is 1. The Hall–Kier alpha value is -4.91. The molecule has 40 heavy (non-hydrogen) atoms. The van der Waals surface area contributed by atoms with E-state index < -0.39 is 12.1 Å². The molecule has 0 unspecified atom stereocenters. The van der Waals surface area contributed by atoms with E-state index in [9.17, 15) is 14.4 Å². The predicted octanol–water partition coefficient (Wildman–Crippen LogP) is 6.09. The van der Waals surface area contributed by atoms with Crippen LogP contribution in [0.2, 0.25) is 0 Å². The Morgan fingerprint density at radius 2 is 1.35 bits per heavy atom. The lowest BCUT2D eigenvalue weighted by Gasteiger charge is -2.22. The van der Waals surface area contributed by atoms with Crippen molar-refractivity contribution in [2.24, 2.45) is 0 Å². The largest absolute Gasteiger partial charge is 0.481 e. The fourth-order valence-corrected chi connectivity index (χ4v) is 5.07. The second-order valence-electron chi connectivity index (χ2n) is 9.77. The minimum Gasteiger partial charge on any atom is -0.481 e. The maximum Gasteiger partial charge on any atom is 0.411 e. The summed E-state index contributed by atoms with van der Waals surface area (Å²) in [6.45, 7) is 0.693. The second-order valence-corrected chi connectivity index (χ2v) is 9.77. The number of nitrogens with one attached hydrogen (secondary N) is 1. The van der Waals surface area contributed by atoms with Crippen LogP contribution in [0.15, 0.2) is 103 Å². The molecule has 2 N–H and O–H groups in total. The molecule has 0 heterocycles. The number of nitrogens with zero attached hydrogens (tertiary/aromatic N) is 1. The summed E-state index contributed by atoms with van der Waals surface area (Å²) in [5.74, 6) is -1.14. The van der Waals surface area contributed by atoms with Crippen molar-refractivity contribution in [1.82, 2.24) is 4.90 Å². The van der Waals surface area contributed by atoms with Gasteiger partial charge in [0.25, 0.3) is 0 Å². The topological polar surface area (TPSA) is 95.9 Å². The third kappa shape index (κ3) is 6.38. The third-order valence-corrected chi connectivity index (χ3v) is 7.06. The van der Waals surface area contributed by atoms with Crippen LogP contribution in [-0.4, -0.2) is 41.1 Å². The molecule has 2 amide bonds. The van der Waals surface area contributed by atoms with E-state index in [-0.39, 0.29) is 37.8 Å². The Labute approximate surface area is 233 Å². The Kier molecular flexibility index (Phi) is 8.21. The molecule has 0 fully saturated rings. The van der Waals surface area contributed by atoms with Gasteiger partial charge in [0.2, 0.25) is 5.91 Å². The fraction of sp³-hybridized carbons (Fsp3) is 0.182. The molecule has 0 radical (unpaired) electrons. The van der Waals surface area contributed by atoms with Gasteiger partial charge in [-0.25, -0.2) is 4.79 Å². The van der Waals surface area contributed by atoms with E-state index in [2.05, 4.69) is 29.6 Å². The zero-order valence-corrected chi connectivity index (χ0v) is 22.0. The van der Waals surface area contributed by atoms with Crippen LogP contribution >= 0.6 is 0 Å². The molecule has 0 saturated carbocycles. The Morgan fingerprint density at radius 3 is 1.98 bits per heavy atom. The van der Waals surface area contributed by atoms with Crippen LogP contribution in [0.1, 0.15) is 34.6 Å². The first-order chi connectivity index (χ1) is 19.5. The first-order valence-electron chi connectivity index (χ1n) is 13.2. The summed E-state index contributed by atoms with van der Waals surface area (Å²) in [7, 11) is 0. The van der Waals surface area contributed by atoms with Crippen LogP contribution in [0, 0.1) is 0 Å². The summed E-state index contributed by atoms with van der Waals surface area (Å²) in [6, 6.07) is 32.8. The number of carbonyl (C=O) groups is 3. The van der Waals surface area contributed by atoms with E-state index in [1.54, 1.807) is 29.2 Å². The lowest BCUT2D eigenvalue weighted by atomic mass is 9.98. The summed E-state index contributed by atoms with van der Waals surface area (Å²) in [6.07, 6.45) is -0.549. The molecule has 0 saturated heterocycles. The summed E-state index contributed by atoms with van der Waals surface area (Å²) in [4.78, 5) is 38.3. The maximum absolute atomic E-state index is 13.0. The molecular weight excluding hydrogens is 504 g/mol. The molecule has 1 aliphatic carbocycles. The highest BCUT2D eigenvalue weighted by molar-refractivity contribution is 5.85. The number of carboxylic acid groups (broad SMARTS) is 1. The average molecular weight is 535 g/mol. The van der Waals surface area contributed by atoms with Gasteiger partial charge in [-0.3, -0.25) is 14.9 Å². The highest BCUT2D eigenvalue weighted by atomic mass is 16.5. The molecule has 0 aliphatic heterocycles. The van der Waals surface area contributed by atoms with Crippen molar-refractivity contribution in [3.8, 4) is 11.1 Å². The van der Waals surface area contributed by atoms with Gasteiger partial charge in [0.1, 0.15) is 6.61 Å². The first-order valence-corrected chi connectivity index (χ1v) is 13.2. The smallest absolute Gasteiger partial charge is 0.411 e. The molecule has 0 bridgehead atoms. The van der Waals surface area contributed by atoms with Crippen LogP contribution in [0.5, 0.6) is 0 Å². The molecule has 4 aromatic rings. The second kappa shape index (κ2) is 12.3. The van der Waals surface area contributed by atoms with Crippen molar-refractivity contribution in [1.29, 1.82) is 0 Å². The minimum atomic E-state index is -0.950. The number of aliphatic carboxylic acids is 1. The van der Waals surface area contributed by atoms with Crippen LogP contribution in [0.25, 0.3) is 11.1 Å². The van der Waals surface area contributed by atoms with Gasteiger partial charge in [-0.05, 0) is 45.5 Å². The quantitative estimate of drug-likeness (QED) is 0.257. The number of amides is 2. The van der Waals surface area contributed by atoms with E-state index in [0.29, 0.717) is 12.2 Å². The van der Waals surface area contributed by atoms with E-state index in [0.717, 1.165) is 22.3 Å². The molecule has 202 valence electrons. The van der Waals surface area contributed by atoms with Gasteiger partial charge in [0.15, 0.2) is 0 Å². The molecule has 0 atom stereocenters. The summed E-state index contributed by atoms with van der Waals surface area (Å²) < 4.78 is 5.61. The third-order valence-electron chi connectivity index (χ3n) is 7.06. The number of ether oxygens (including phenoxy) is 1. The fourth-order valence-electron chi connectivity index (χ4n) is 5.07. The van der Waals surface area contributed by atoms with Crippen molar-refractivity contribution < 1.29 is 24.2 Å². The molecule has 5 rings (SSSR count). The predicted molar refractivity (Wildman–Crippen MR) is 153 cm³/mol. The first kappa shape index (κ1) is 26.7. The molecular formula is C33H30N2O5. The molecule has 0 spiro atoms. The standard InChI is InChI=1S/C33H30N2O5/c36-31(35(19-18-32(37)38)21-24-8-2-1-3-9-24)20-23-14-16-25(17-15-23)34-33(39)40-22-30-28-12-6-4-10-26(28)27-11-5-7-13-29(27)30/h1-17,30H,18-22H2,(H,34,39)(H,37,38). The number of carbonyl (C=O) groups excluding carboxylic acids is 2. The van der Waals surface area contributed by atoms with Crippen molar-refractivity contribution in [2.45, 2.75) is 25.3 Å². The SMILES string of the molecule is O=C(O)CCN(Cc1ccccc1)C(=O)Cc1ccc(NC(=O)OCC2c3ccccc3-c3ccccc32)cc1. The lowest BCUT2D eigenvalue weighted by molar-refractivity contribution is -0.138. The van der Waals surface area contributed by atoms with E-state index >= 15 is 0 Å². The van der Waals surface area contributed by atoms with Crippen LogP contribution < -0.4 is 5.32 Å². The highest BCUT2D eigenvalue weighted by Gasteiger charge is 2.29. The zero-order chi connectivity index (χ0) is 27.9. The monoisotopic (exact) mass is 534 g/mol. The number of fused-ring (bicyclic) bond motifs is 3. The summed E-state index contributed by atoms with van der Waals surface area (Å²) in [5, 5.41) is 11.9. The molecule has 7 heteroatoms. The van der Waals surface area contributed by atoms with Gasteiger partial charge in [0, 0.05) is 24.7 Å². The number of carboxylic acids is 1. The van der Waals surface area contributed by atoms with Gasteiger partial charge >= 0.3 is 12.1 Å². The number of rotatable bonds is 10. The van der Waals surface area contributed by atoms with Gasteiger partial charge < -0.3 is 14.7 Å². The van der Waals surface area contributed by atoms with Gasteiger partial charge in [-0.15, -0.1) is 0 Å². The Bertz CT molecular complexity index is 1460. The maximum atomic E-state index is 13.0. The van der Waals surface area contributed by atoms with Crippen molar-refractivity contribution in [3.05, 3.63) is 125 Å². The average Bonchev–Trinajstić information content (AvgIpc) is 3.29. The van der Waals surface area contributed by atoms with E-state index in [1.165, 1.54) is 11.1 Å². The van der Waals surface area contributed by atoms with E-state index in [1.807, 2.05) is 54.6 Å². The van der Waals surface area contributed by atoms with Crippen molar-refractivity contribution in [3.63, 3.8) is 0 Å². The van der Waals surface area contributed by atoms with Gasteiger partial charge in [0.05, 0.1) is 12.8 Å². The number of benzene rings is 4. The van der Waals surface area contributed by atoms with E-state index in [4.69, 9.17) is 9.84 Å². The lowest BCUT2D eigenvalue weighted by Crippen LogP contribution is -2.33. The van der Waals surface area contributed by atoms with Crippen LogP contribution in [0.3, 0.4) is 0 Å². The molecule has 0 aromatic heterocycles. The highest BCUT2D eigenvalue weighted by Crippen LogP contribution is 2.44. The zero-order valence-electron chi connectivity index (χ0n) is 22.0. The number of hydrogen-bond acceptors (Lipinski definition) is 4. The summed E-state index contributed by atoms with van der Waals surface area (Å²) in [5.41, 5.74) is 6.89. The van der Waals surface area contributed by atoms with Gasteiger partial charge in [-0.1, -0.05) is 91.0 Å².